The maximum absolute atomic E-state index is 12.3. The normalized spacial score (nSPS) is 29.4. The van der Waals surface area contributed by atoms with Gasteiger partial charge in [0, 0.05) is 13.1 Å². The van der Waals surface area contributed by atoms with Gasteiger partial charge in [-0.15, -0.1) is 0 Å². The molecule has 0 bridgehead atoms. The lowest BCUT2D eigenvalue weighted by Gasteiger charge is -2.32. The predicted molar refractivity (Wildman–Crippen MR) is 62.6 cm³/mol. The summed E-state index contributed by atoms with van der Waals surface area (Å²) in [5.74, 6) is 1.62. The van der Waals surface area contributed by atoms with Crippen LogP contribution in [-0.4, -0.2) is 49.8 Å². The molecule has 3 aliphatic rings. The Hall–Kier alpha value is -0.610. The van der Waals surface area contributed by atoms with E-state index in [4.69, 9.17) is 9.47 Å². The Morgan fingerprint density at radius 3 is 2.29 bits per heavy atom. The molecule has 1 heterocycles. The molecule has 1 atom stereocenters. The molecule has 3 fully saturated rings. The molecule has 1 amide bonds. The number of likely N-dealkylation sites (N-methyl/N-ethyl adjacent to an activating group) is 1. The van der Waals surface area contributed by atoms with Crippen LogP contribution in [0.2, 0.25) is 0 Å². The van der Waals surface area contributed by atoms with Crippen LogP contribution in [0.5, 0.6) is 0 Å². The number of carbonyl (C=O) groups is 1. The molecular weight excluding hydrogens is 218 g/mol. The number of ether oxygens (including phenoxy) is 2. The SMILES string of the molecule is CN(C(=O)[C@@H]1COCCO1)C(C1CC1)C1CC1. The lowest BCUT2D eigenvalue weighted by atomic mass is 10.1. The fraction of sp³-hybridized carbons (Fsp3) is 0.923. The molecule has 17 heavy (non-hydrogen) atoms. The van der Waals surface area contributed by atoms with Gasteiger partial charge >= 0.3 is 0 Å². The van der Waals surface area contributed by atoms with E-state index in [1.165, 1.54) is 25.7 Å². The van der Waals surface area contributed by atoms with E-state index >= 15 is 0 Å². The maximum atomic E-state index is 12.3. The van der Waals surface area contributed by atoms with Crippen LogP contribution in [-0.2, 0) is 14.3 Å². The number of carbonyl (C=O) groups excluding carboxylic acids is 1. The van der Waals surface area contributed by atoms with Crippen molar-refractivity contribution in [3.63, 3.8) is 0 Å². The van der Waals surface area contributed by atoms with Gasteiger partial charge in [-0.2, -0.15) is 0 Å². The smallest absolute Gasteiger partial charge is 0.254 e. The van der Waals surface area contributed by atoms with Crippen LogP contribution in [0.4, 0.5) is 0 Å². The Balaban J connectivity index is 1.62. The van der Waals surface area contributed by atoms with Gasteiger partial charge in [0.15, 0.2) is 6.10 Å². The van der Waals surface area contributed by atoms with Crippen LogP contribution in [0.3, 0.4) is 0 Å². The molecule has 2 aliphatic carbocycles. The third kappa shape index (κ3) is 2.47. The van der Waals surface area contributed by atoms with Gasteiger partial charge in [0.1, 0.15) is 0 Å². The summed E-state index contributed by atoms with van der Waals surface area (Å²) in [5.41, 5.74) is 0. The maximum Gasteiger partial charge on any atom is 0.254 e. The first-order valence-corrected chi connectivity index (χ1v) is 6.73. The third-order valence-corrected chi connectivity index (χ3v) is 4.10. The van der Waals surface area contributed by atoms with Crippen LogP contribution in [0, 0.1) is 11.8 Å². The van der Waals surface area contributed by atoms with Gasteiger partial charge in [-0.05, 0) is 37.5 Å². The minimum atomic E-state index is -0.367. The van der Waals surface area contributed by atoms with Gasteiger partial charge in [-0.25, -0.2) is 0 Å². The van der Waals surface area contributed by atoms with Crippen molar-refractivity contribution < 1.29 is 14.3 Å². The summed E-state index contributed by atoms with van der Waals surface area (Å²) in [6.07, 6.45) is 4.80. The predicted octanol–water partition coefficient (Wildman–Crippen LogP) is 1.05. The Morgan fingerprint density at radius 1 is 1.18 bits per heavy atom. The minimum Gasteiger partial charge on any atom is -0.376 e. The van der Waals surface area contributed by atoms with Gasteiger partial charge in [0.25, 0.3) is 5.91 Å². The summed E-state index contributed by atoms with van der Waals surface area (Å²) in [6.45, 7) is 1.58. The molecule has 0 aromatic heterocycles. The fourth-order valence-corrected chi connectivity index (χ4v) is 2.90. The van der Waals surface area contributed by atoms with Gasteiger partial charge in [-0.1, -0.05) is 0 Å². The molecule has 96 valence electrons. The largest absolute Gasteiger partial charge is 0.376 e. The van der Waals surface area contributed by atoms with Crippen molar-refractivity contribution in [2.24, 2.45) is 11.8 Å². The van der Waals surface area contributed by atoms with Gasteiger partial charge in [0.2, 0.25) is 0 Å². The molecule has 0 unspecified atom stereocenters. The highest BCUT2D eigenvalue weighted by Crippen LogP contribution is 2.47. The molecule has 0 radical (unpaired) electrons. The summed E-state index contributed by atoms with van der Waals surface area (Å²) in [6, 6.07) is 0.466. The second kappa shape index (κ2) is 4.58. The first-order chi connectivity index (χ1) is 8.27. The van der Waals surface area contributed by atoms with Crippen molar-refractivity contribution in [3.8, 4) is 0 Å². The second-order valence-electron chi connectivity index (χ2n) is 5.55. The Labute approximate surface area is 102 Å². The van der Waals surface area contributed by atoms with Gasteiger partial charge in [-0.3, -0.25) is 4.79 Å². The van der Waals surface area contributed by atoms with Gasteiger partial charge < -0.3 is 14.4 Å². The number of hydrogen-bond acceptors (Lipinski definition) is 3. The van der Waals surface area contributed by atoms with E-state index in [1.54, 1.807) is 0 Å². The molecular formula is C13H21NO3. The zero-order chi connectivity index (χ0) is 11.8. The van der Waals surface area contributed by atoms with E-state index in [1.807, 2.05) is 11.9 Å². The summed E-state index contributed by atoms with van der Waals surface area (Å²) in [5, 5.41) is 0. The van der Waals surface area contributed by atoms with Crippen molar-refractivity contribution >= 4 is 5.91 Å². The molecule has 3 rings (SSSR count). The lowest BCUT2D eigenvalue weighted by Crippen LogP contribution is -2.49. The topological polar surface area (TPSA) is 38.8 Å². The number of amides is 1. The highest BCUT2D eigenvalue weighted by molar-refractivity contribution is 5.81. The van der Waals surface area contributed by atoms with Crippen molar-refractivity contribution in [2.45, 2.75) is 37.8 Å². The summed E-state index contributed by atoms with van der Waals surface area (Å²) >= 11 is 0. The molecule has 0 aromatic rings. The Kier molecular flexibility index (Phi) is 3.09. The number of rotatable bonds is 4. The summed E-state index contributed by atoms with van der Waals surface area (Å²) < 4.78 is 10.8. The monoisotopic (exact) mass is 239 g/mol. The molecule has 1 aliphatic heterocycles. The van der Waals surface area contributed by atoms with Crippen LogP contribution in [0.1, 0.15) is 25.7 Å². The zero-order valence-electron chi connectivity index (χ0n) is 10.4. The molecule has 4 heteroatoms. The van der Waals surface area contributed by atoms with Gasteiger partial charge in [0.05, 0.1) is 19.8 Å². The quantitative estimate of drug-likeness (QED) is 0.736. The molecule has 1 saturated heterocycles. The third-order valence-electron chi connectivity index (χ3n) is 4.10. The molecule has 4 nitrogen and oxygen atoms in total. The lowest BCUT2D eigenvalue weighted by molar-refractivity contribution is -0.159. The molecule has 0 N–H and O–H groups in total. The Morgan fingerprint density at radius 2 is 1.82 bits per heavy atom. The Bertz CT molecular complexity index is 281. The number of hydrogen-bond donors (Lipinski definition) is 0. The average molecular weight is 239 g/mol. The zero-order valence-corrected chi connectivity index (χ0v) is 10.4. The van der Waals surface area contributed by atoms with E-state index in [2.05, 4.69) is 0 Å². The van der Waals surface area contributed by atoms with E-state index in [-0.39, 0.29) is 12.0 Å². The molecule has 0 spiro atoms. The minimum absolute atomic E-state index is 0.119. The van der Waals surface area contributed by atoms with E-state index in [0.717, 1.165) is 11.8 Å². The fourth-order valence-electron chi connectivity index (χ4n) is 2.90. The summed E-state index contributed by atoms with van der Waals surface area (Å²) in [4.78, 5) is 14.3. The summed E-state index contributed by atoms with van der Waals surface area (Å²) in [7, 11) is 1.95. The van der Waals surface area contributed by atoms with Crippen molar-refractivity contribution in [1.29, 1.82) is 0 Å². The number of nitrogens with zero attached hydrogens (tertiary/aromatic N) is 1. The highest BCUT2D eigenvalue weighted by Gasteiger charge is 2.46. The standard InChI is InChI=1S/C13H21NO3/c1-14(12(9-2-3-9)10-4-5-10)13(15)11-8-16-6-7-17-11/h9-12H,2-8H2,1H3/t11-/m0/s1. The van der Waals surface area contributed by atoms with E-state index in [0.29, 0.717) is 25.9 Å². The molecule has 0 aromatic carbocycles. The van der Waals surface area contributed by atoms with Crippen molar-refractivity contribution in [2.75, 3.05) is 26.9 Å². The van der Waals surface area contributed by atoms with Crippen LogP contribution in [0.15, 0.2) is 0 Å². The van der Waals surface area contributed by atoms with Crippen molar-refractivity contribution in [3.05, 3.63) is 0 Å². The van der Waals surface area contributed by atoms with E-state index < -0.39 is 0 Å². The second-order valence-corrected chi connectivity index (χ2v) is 5.55. The van der Waals surface area contributed by atoms with Crippen LogP contribution >= 0.6 is 0 Å². The van der Waals surface area contributed by atoms with Crippen LogP contribution in [0.25, 0.3) is 0 Å². The first-order valence-electron chi connectivity index (χ1n) is 6.73. The average Bonchev–Trinajstić information content (AvgIpc) is 3.23. The van der Waals surface area contributed by atoms with Crippen molar-refractivity contribution in [1.82, 2.24) is 4.90 Å². The highest BCUT2D eigenvalue weighted by atomic mass is 16.6. The molecule has 2 saturated carbocycles. The first kappa shape index (κ1) is 11.5. The van der Waals surface area contributed by atoms with Crippen LogP contribution < -0.4 is 0 Å². The van der Waals surface area contributed by atoms with E-state index in [9.17, 15) is 4.79 Å².